The molecule has 4 aromatic rings. The molecule has 0 radical (unpaired) electrons. The fourth-order valence-corrected chi connectivity index (χ4v) is 3.22. The second kappa shape index (κ2) is 18.0. The van der Waals surface area contributed by atoms with E-state index in [1.807, 2.05) is 0 Å². The summed E-state index contributed by atoms with van der Waals surface area (Å²) in [7, 11) is 0. The van der Waals surface area contributed by atoms with Crippen LogP contribution < -0.4 is 80.3 Å². The molecular formula is C28H20F2N4Na2O8. The predicted octanol–water partition coefficient (Wildman–Crippen LogP) is -3.65. The molecule has 0 saturated carbocycles. The van der Waals surface area contributed by atoms with Crippen LogP contribution >= 0.6 is 0 Å². The summed E-state index contributed by atoms with van der Waals surface area (Å²) in [5, 5.41) is 23.7. The Hall–Kier alpha value is -3.92. The first kappa shape index (κ1) is 38.1. The van der Waals surface area contributed by atoms with Crippen molar-refractivity contribution in [1.29, 1.82) is 0 Å². The van der Waals surface area contributed by atoms with Crippen LogP contribution in [0.3, 0.4) is 0 Å². The molecule has 2 amide bonds. The Bertz CT molecular complexity index is 1540. The molecule has 12 nitrogen and oxygen atoms in total. The molecule has 0 saturated heterocycles. The van der Waals surface area contributed by atoms with Crippen LogP contribution in [0, 0.1) is 11.6 Å². The summed E-state index contributed by atoms with van der Waals surface area (Å²) in [6.45, 7) is 2.19. The van der Waals surface area contributed by atoms with Crippen molar-refractivity contribution in [2.45, 2.75) is 13.8 Å². The van der Waals surface area contributed by atoms with E-state index in [4.69, 9.17) is 0 Å². The Morgan fingerprint density at radius 2 is 1.00 bits per heavy atom. The number of carbonyl (C=O) groups is 4. The number of hydrogen-bond donors (Lipinski definition) is 2. The fraction of sp³-hybridized carbons (Fsp3) is 0.0714. The summed E-state index contributed by atoms with van der Waals surface area (Å²) in [6.07, 6.45) is 2.53. The van der Waals surface area contributed by atoms with Gasteiger partial charge in [-0.3, -0.25) is 29.1 Å². The summed E-state index contributed by atoms with van der Waals surface area (Å²) in [5.41, 5.74) is 4.44. The van der Waals surface area contributed by atoms with Crippen LogP contribution in [0.25, 0.3) is 22.3 Å². The molecule has 0 fully saturated rings. The predicted molar refractivity (Wildman–Crippen MR) is 137 cm³/mol. The average Bonchev–Trinajstić information content (AvgIpc) is 2.95. The molecule has 2 aromatic heterocycles. The van der Waals surface area contributed by atoms with Crippen LogP contribution in [0.1, 0.15) is 34.8 Å². The van der Waals surface area contributed by atoms with Crippen LogP contribution in [0.4, 0.5) is 8.78 Å². The molecule has 2 N–H and O–H groups in total. The second-order valence-electron chi connectivity index (χ2n) is 8.21. The van der Waals surface area contributed by atoms with Gasteiger partial charge < -0.3 is 19.9 Å². The second-order valence-corrected chi connectivity index (χ2v) is 8.21. The molecule has 2 aromatic carbocycles. The summed E-state index contributed by atoms with van der Waals surface area (Å²) >= 11 is 0. The smallest absolute Gasteiger partial charge is 0.871 e. The number of hydrogen-bond acceptors (Lipinski definition) is 10. The van der Waals surface area contributed by atoms with Crippen molar-refractivity contribution < 1.29 is 107 Å². The molecule has 16 heteroatoms. The van der Waals surface area contributed by atoms with Gasteiger partial charge in [0.15, 0.2) is 0 Å². The molecule has 0 aliphatic carbocycles. The normalized spacial score (nSPS) is 9.55. The maximum absolute atomic E-state index is 13.1. The van der Waals surface area contributed by atoms with Crippen molar-refractivity contribution in [3.63, 3.8) is 0 Å². The van der Waals surface area contributed by atoms with E-state index >= 15 is 0 Å². The first-order valence-corrected chi connectivity index (χ1v) is 11.8. The molecule has 0 aliphatic rings. The molecule has 0 spiro atoms. The van der Waals surface area contributed by atoms with Gasteiger partial charge in [0.2, 0.25) is 0 Å². The van der Waals surface area contributed by atoms with Gasteiger partial charge in [0.05, 0.1) is 0 Å². The van der Waals surface area contributed by atoms with Crippen LogP contribution in [0.5, 0.6) is 11.5 Å². The number of pyridine rings is 2. The van der Waals surface area contributed by atoms with Gasteiger partial charge >= 0.3 is 82.9 Å². The van der Waals surface area contributed by atoms with Crippen LogP contribution in [-0.4, -0.2) is 33.7 Å². The van der Waals surface area contributed by atoms with Gasteiger partial charge in [0.1, 0.15) is 23.0 Å². The minimum absolute atomic E-state index is 0. The van der Waals surface area contributed by atoms with E-state index < -0.39 is 58.3 Å². The SMILES string of the molecule is CC(=O)ONC(=O)c1ncc(-c2cccc(F)c2)cc1[O-].CC(=O)ONC(=O)c1ncc(-c2cccc(F)c2)cc1[O-].[Na+].[Na+]. The van der Waals surface area contributed by atoms with Crippen molar-refractivity contribution in [1.82, 2.24) is 20.9 Å². The Morgan fingerprint density at radius 3 is 1.30 bits per heavy atom. The van der Waals surface area contributed by atoms with Crippen molar-refractivity contribution in [3.8, 4) is 33.8 Å². The number of benzene rings is 2. The quantitative estimate of drug-likeness (QED) is 0.170. The van der Waals surface area contributed by atoms with E-state index in [0.29, 0.717) is 22.3 Å². The summed E-state index contributed by atoms with van der Waals surface area (Å²) < 4.78 is 26.3. The first-order chi connectivity index (χ1) is 19.9. The Morgan fingerprint density at radius 1 is 0.636 bits per heavy atom. The third-order valence-electron chi connectivity index (χ3n) is 5.03. The van der Waals surface area contributed by atoms with E-state index in [1.165, 1.54) is 48.8 Å². The molecular weight excluding hydrogens is 604 g/mol. The molecule has 2 heterocycles. The Balaban J connectivity index is 0.000000421. The monoisotopic (exact) mass is 624 g/mol. The maximum Gasteiger partial charge on any atom is 1.00 e. The summed E-state index contributed by atoms with van der Waals surface area (Å²) in [4.78, 5) is 60.3. The molecule has 0 bridgehead atoms. The van der Waals surface area contributed by atoms with Crippen molar-refractivity contribution in [2.75, 3.05) is 0 Å². The summed E-state index contributed by atoms with van der Waals surface area (Å²) in [6, 6.07) is 13.6. The van der Waals surface area contributed by atoms with Crippen LogP contribution in [-0.2, 0) is 19.3 Å². The van der Waals surface area contributed by atoms with Gasteiger partial charge in [-0.2, -0.15) is 11.0 Å². The van der Waals surface area contributed by atoms with E-state index in [-0.39, 0.29) is 59.1 Å². The number of hydroxylamine groups is 2. The molecule has 216 valence electrons. The van der Waals surface area contributed by atoms with Crippen LogP contribution in [0.15, 0.2) is 73.1 Å². The van der Waals surface area contributed by atoms with Gasteiger partial charge in [0, 0.05) is 26.2 Å². The van der Waals surface area contributed by atoms with E-state index in [9.17, 15) is 38.2 Å². The Labute approximate surface area is 293 Å². The van der Waals surface area contributed by atoms with E-state index in [1.54, 1.807) is 23.1 Å². The fourth-order valence-electron chi connectivity index (χ4n) is 3.22. The van der Waals surface area contributed by atoms with Gasteiger partial charge in [-0.1, -0.05) is 47.9 Å². The number of nitrogens with zero attached hydrogens (tertiary/aromatic N) is 2. The van der Waals surface area contributed by atoms with Crippen molar-refractivity contribution in [3.05, 3.63) is 96.1 Å². The molecule has 44 heavy (non-hydrogen) atoms. The topological polar surface area (TPSA) is 183 Å². The molecule has 0 atom stereocenters. The minimum atomic E-state index is -0.930. The minimum Gasteiger partial charge on any atom is -0.871 e. The van der Waals surface area contributed by atoms with E-state index in [0.717, 1.165) is 26.0 Å². The Kier molecular flexibility index (Phi) is 15.6. The van der Waals surface area contributed by atoms with Crippen molar-refractivity contribution in [2.24, 2.45) is 0 Å². The summed E-state index contributed by atoms with van der Waals surface area (Å²) in [5.74, 6) is -5.54. The number of aromatic nitrogens is 2. The van der Waals surface area contributed by atoms with Gasteiger partial charge in [-0.15, -0.1) is 0 Å². The number of nitrogens with one attached hydrogen (secondary N) is 2. The molecule has 4 rings (SSSR count). The first-order valence-electron chi connectivity index (χ1n) is 11.8. The van der Waals surface area contributed by atoms with Crippen LogP contribution in [0.2, 0.25) is 0 Å². The zero-order valence-corrected chi connectivity index (χ0v) is 27.8. The largest absolute Gasteiger partial charge is 1.00 e. The average molecular weight is 624 g/mol. The maximum atomic E-state index is 13.1. The number of carbonyl (C=O) groups excluding carboxylic acids is 4. The van der Waals surface area contributed by atoms with Gasteiger partial charge in [-0.05, 0) is 46.5 Å². The third kappa shape index (κ3) is 11.3. The molecule has 0 unspecified atom stereocenters. The number of halogens is 2. The zero-order chi connectivity index (χ0) is 30.8. The van der Waals surface area contributed by atoms with Gasteiger partial charge in [0.25, 0.3) is 0 Å². The third-order valence-corrected chi connectivity index (χ3v) is 5.03. The zero-order valence-electron chi connectivity index (χ0n) is 23.8. The number of rotatable bonds is 4. The standard InChI is InChI=1S/2C14H11FN2O4.2Na/c2*1-8(18)21-17-14(20)13-12(19)6-10(7-16-13)9-3-2-4-11(15)5-9;;/h2*2-7,19H,1H3,(H,17,20);;/q;;2*+1/p-2. The molecule has 0 aliphatic heterocycles. The van der Waals surface area contributed by atoms with E-state index in [2.05, 4.69) is 19.6 Å². The van der Waals surface area contributed by atoms with Crippen molar-refractivity contribution >= 4 is 23.8 Å². The van der Waals surface area contributed by atoms with Gasteiger partial charge in [-0.25, -0.2) is 8.78 Å². The number of amides is 2.